The van der Waals surface area contributed by atoms with Gasteiger partial charge < -0.3 is 9.73 Å². The largest absolute Gasteiger partial charge is 0.419 e. The highest BCUT2D eigenvalue weighted by Gasteiger charge is 2.43. The second-order valence-corrected chi connectivity index (χ2v) is 7.01. The van der Waals surface area contributed by atoms with Crippen molar-refractivity contribution in [2.75, 3.05) is 5.32 Å². The van der Waals surface area contributed by atoms with E-state index >= 15 is 0 Å². The SMILES string of the molecule is Cn1c(=O)oc2cc(NC(=O)C3CC3c3ccc(Br)cc3)ccc21. The van der Waals surface area contributed by atoms with Gasteiger partial charge in [0.15, 0.2) is 5.58 Å². The van der Waals surface area contributed by atoms with Crippen molar-refractivity contribution < 1.29 is 9.21 Å². The summed E-state index contributed by atoms with van der Waals surface area (Å²) in [6.07, 6.45) is 0.857. The van der Waals surface area contributed by atoms with Gasteiger partial charge in [-0.3, -0.25) is 9.36 Å². The Kier molecular flexibility index (Phi) is 3.57. The van der Waals surface area contributed by atoms with E-state index in [1.54, 1.807) is 25.2 Å². The van der Waals surface area contributed by atoms with Crippen molar-refractivity contribution in [3.8, 4) is 0 Å². The average molecular weight is 387 g/mol. The molecule has 1 aliphatic rings. The van der Waals surface area contributed by atoms with Crippen LogP contribution in [0.5, 0.6) is 0 Å². The van der Waals surface area contributed by atoms with Crippen LogP contribution in [-0.2, 0) is 11.8 Å². The quantitative estimate of drug-likeness (QED) is 0.747. The molecule has 1 amide bonds. The molecule has 122 valence electrons. The number of aromatic nitrogens is 1. The lowest BCUT2D eigenvalue weighted by molar-refractivity contribution is -0.117. The zero-order valence-corrected chi connectivity index (χ0v) is 14.5. The standard InChI is InChI=1S/C18H15BrN2O3/c1-21-15-7-6-12(8-16(15)24-18(21)23)20-17(22)14-9-13(14)10-2-4-11(19)5-3-10/h2-8,13-14H,9H2,1H3,(H,20,22). The number of fused-ring (bicyclic) bond motifs is 1. The van der Waals surface area contributed by atoms with Crippen LogP contribution in [0.25, 0.3) is 11.1 Å². The minimum absolute atomic E-state index is 0.000506. The highest BCUT2D eigenvalue weighted by molar-refractivity contribution is 9.10. The fourth-order valence-corrected chi connectivity index (χ4v) is 3.27. The number of carbonyl (C=O) groups excluding carboxylic acids is 1. The minimum Gasteiger partial charge on any atom is -0.408 e. The first-order valence-electron chi connectivity index (χ1n) is 7.69. The average Bonchev–Trinajstić information content (AvgIpc) is 3.31. The first-order valence-corrected chi connectivity index (χ1v) is 8.48. The molecule has 4 rings (SSSR count). The Morgan fingerprint density at radius 2 is 2.00 bits per heavy atom. The summed E-state index contributed by atoms with van der Waals surface area (Å²) in [5.74, 6) is -0.146. The molecule has 2 atom stereocenters. The second-order valence-electron chi connectivity index (χ2n) is 6.10. The van der Waals surface area contributed by atoms with Crippen LogP contribution in [0.3, 0.4) is 0 Å². The first kappa shape index (κ1) is 15.2. The predicted molar refractivity (Wildman–Crippen MR) is 95.1 cm³/mol. The van der Waals surface area contributed by atoms with Gasteiger partial charge in [0.1, 0.15) is 0 Å². The van der Waals surface area contributed by atoms with Gasteiger partial charge in [-0.15, -0.1) is 0 Å². The molecule has 3 aromatic rings. The molecule has 2 unspecified atom stereocenters. The highest BCUT2D eigenvalue weighted by Crippen LogP contribution is 2.48. The number of carbonyl (C=O) groups is 1. The van der Waals surface area contributed by atoms with E-state index in [0.29, 0.717) is 16.8 Å². The Labute approximate surface area is 146 Å². The topological polar surface area (TPSA) is 64.2 Å². The molecule has 2 aromatic carbocycles. The first-order chi connectivity index (χ1) is 11.5. The third kappa shape index (κ3) is 2.67. The molecule has 0 aliphatic heterocycles. The van der Waals surface area contributed by atoms with Gasteiger partial charge in [-0.1, -0.05) is 28.1 Å². The van der Waals surface area contributed by atoms with Gasteiger partial charge >= 0.3 is 5.76 Å². The number of halogens is 1. The molecule has 0 radical (unpaired) electrons. The van der Waals surface area contributed by atoms with Crippen LogP contribution in [0.15, 0.2) is 56.1 Å². The fourth-order valence-electron chi connectivity index (χ4n) is 3.01. The summed E-state index contributed by atoms with van der Waals surface area (Å²) >= 11 is 3.42. The molecule has 1 N–H and O–H groups in total. The Morgan fingerprint density at radius 3 is 2.75 bits per heavy atom. The van der Waals surface area contributed by atoms with Crippen LogP contribution in [0.4, 0.5) is 5.69 Å². The molecule has 1 aromatic heterocycles. The number of anilines is 1. The lowest BCUT2D eigenvalue weighted by Gasteiger charge is -2.05. The van der Waals surface area contributed by atoms with Crippen molar-refractivity contribution >= 4 is 38.6 Å². The molecule has 0 bridgehead atoms. The molecule has 5 nitrogen and oxygen atoms in total. The van der Waals surface area contributed by atoms with Gasteiger partial charge in [0, 0.05) is 29.2 Å². The van der Waals surface area contributed by atoms with Gasteiger partial charge in [0.25, 0.3) is 0 Å². The minimum atomic E-state index is -0.411. The third-order valence-electron chi connectivity index (χ3n) is 4.49. The number of nitrogens with zero attached hydrogens (tertiary/aromatic N) is 1. The molecule has 1 aliphatic carbocycles. The molecule has 0 saturated heterocycles. The number of rotatable bonds is 3. The van der Waals surface area contributed by atoms with Gasteiger partial charge in [0.05, 0.1) is 5.52 Å². The summed E-state index contributed by atoms with van der Waals surface area (Å²) < 4.78 is 7.62. The molecular formula is C18H15BrN2O3. The van der Waals surface area contributed by atoms with E-state index in [-0.39, 0.29) is 17.7 Å². The lowest BCUT2D eigenvalue weighted by atomic mass is 10.1. The molecule has 24 heavy (non-hydrogen) atoms. The summed E-state index contributed by atoms with van der Waals surface area (Å²) in [5.41, 5.74) is 3.00. The molecule has 1 heterocycles. The second kappa shape index (κ2) is 5.63. The van der Waals surface area contributed by atoms with Crippen LogP contribution in [-0.4, -0.2) is 10.5 Å². The van der Waals surface area contributed by atoms with E-state index in [1.165, 1.54) is 10.1 Å². The molecular weight excluding hydrogens is 372 g/mol. The summed E-state index contributed by atoms with van der Waals surface area (Å²) in [6.45, 7) is 0. The Hall–Kier alpha value is -2.34. The van der Waals surface area contributed by atoms with Crippen molar-refractivity contribution in [3.05, 3.63) is 63.1 Å². The molecule has 0 spiro atoms. The number of benzene rings is 2. The Bertz CT molecular complexity index is 988. The number of hydrogen-bond acceptors (Lipinski definition) is 3. The van der Waals surface area contributed by atoms with Crippen molar-refractivity contribution in [2.24, 2.45) is 13.0 Å². The van der Waals surface area contributed by atoms with Gasteiger partial charge in [-0.25, -0.2) is 4.79 Å². The molecule has 6 heteroatoms. The smallest absolute Gasteiger partial charge is 0.408 e. The van der Waals surface area contributed by atoms with Crippen LogP contribution in [0, 0.1) is 5.92 Å². The van der Waals surface area contributed by atoms with E-state index in [1.807, 2.05) is 24.3 Å². The Balaban J connectivity index is 1.49. The number of hydrogen-bond donors (Lipinski definition) is 1. The van der Waals surface area contributed by atoms with Crippen LogP contribution < -0.4 is 11.1 Å². The zero-order valence-electron chi connectivity index (χ0n) is 13.0. The summed E-state index contributed by atoms with van der Waals surface area (Å²) in [4.78, 5) is 23.9. The van der Waals surface area contributed by atoms with Crippen LogP contribution in [0.2, 0.25) is 0 Å². The van der Waals surface area contributed by atoms with E-state index in [2.05, 4.69) is 21.2 Å². The van der Waals surface area contributed by atoms with Crippen molar-refractivity contribution in [1.29, 1.82) is 0 Å². The summed E-state index contributed by atoms with van der Waals surface area (Å²) in [7, 11) is 1.65. The normalized spacial score (nSPS) is 19.4. The molecule has 1 fully saturated rings. The van der Waals surface area contributed by atoms with Gasteiger partial charge in [-0.05, 0) is 42.2 Å². The van der Waals surface area contributed by atoms with Crippen LogP contribution in [0.1, 0.15) is 17.9 Å². The van der Waals surface area contributed by atoms with Crippen molar-refractivity contribution in [1.82, 2.24) is 4.57 Å². The maximum Gasteiger partial charge on any atom is 0.419 e. The summed E-state index contributed by atoms with van der Waals surface area (Å²) in [6, 6.07) is 13.3. The predicted octanol–water partition coefficient (Wildman–Crippen LogP) is 3.64. The monoisotopic (exact) mass is 386 g/mol. The maximum atomic E-state index is 12.4. The van der Waals surface area contributed by atoms with Crippen molar-refractivity contribution in [3.63, 3.8) is 0 Å². The van der Waals surface area contributed by atoms with E-state index in [9.17, 15) is 9.59 Å². The Morgan fingerprint density at radius 1 is 1.25 bits per heavy atom. The fraction of sp³-hybridized carbons (Fsp3) is 0.222. The van der Waals surface area contributed by atoms with Crippen molar-refractivity contribution in [2.45, 2.75) is 12.3 Å². The highest BCUT2D eigenvalue weighted by atomic mass is 79.9. The lowest BCUT2D eigenvalue weighted by Crippen LogP contribution is -2.14. The zero-order chi connectivity index (χ0) is 16.8. The van der Waals surface area contributed by atoms with Gasteiger partial charge in [-0.2, -0.15) is 0 Å². The number of oxazole rings is 1. The maximum absolute atomic E-state index is 12.4. The summed E-state index contributed by atoms with van der Waals surface area (Å²) in [5, 5.41) is 2.92. The van der Waals surface area contributed by atoms with Gasteiger partial charge in [0.2, 0.25) is 5.91 Å². The van der Waals surface area contributed by atoms with E-state index < -0.39 is 5.76 Å². The third-order valence-corrected chi connectivity index (χ3v) is 5.01. The van der Waals surface area contributed by atoms with E-state index in [0.717, 1.165) is 10.9 Å². The molecule has 1 saturated carbocycles. The van der Waals surface area contributed by atoms with Crippen LogP contribution >= 0.6 is 15.9 Å². The van der Waals surface area contributed by atoms with E-state index in [4.69, 9.17) is 4.42 Å². The number of amides is 1. The number of nitrogens with one attached hydrogen (secondary N) is 1. The number of aryl methyl sites for hydroxylation is 1.